The lowest BCUT2D eigenvalue weighted by Gasteiger charge is -2.15. The SMILES string of the molecule is CC(NC(=O)NCCc1ccccc1)c1ccc(C(=O)NO)cc1. The van der Waals surface area contributed by atoms with Gasteiger partial charge in [-0.3, -0.25) is 10.0 Å². The fourth-order valence-electron chi connectivity index (χ4n) is 2.28. The lowest BCUT2D eigenvalue weighted by atomic mass is 10.1. The van der Waals surface area contributed by atoms with Crippen molar-refractivity contribution < 1.29 is 14.8 Å². The number of urea groups is 1. The van der Waals surface area contributed by atoms with E-state index < -0.39 is 5.91 Å². The highest BCUT2D eigenvalue weighted by atomic mass is 16.5. The average Bonchev–Trinajstić information content (AvgIpc) is 2.62. The molecule has 0 radical (unpaired) electrons. The van der Waals surface area contributed by atoms with Crippen molar-refractivity contribution in [2.45, 2.75) is 19.4 Å². The van der Waals surface area contributed by atoms with Gasteiger partial charge >= 0.3 is 6.03 Å². The summed E-state index contributed by atoms with van der Waals surface area (Å²) >= 11 is 0. The van der Waals surface area contributed by atoms with Gasteiger partial charge in [-0.1, -0.05) is 42.5 Å². The van der Waals surface area contributed by atoms with Crippen LogP contribution in [-0.4, -0.2) is 23.7 Å². The minimum absolute atomic E-state index is 0.201. The maximum Gasteiger partial charge on any atom is 0.315 e. The summed E-state index contributed by atoms with van der Waals surface area (Å²) in [6.45, 7) is 2.41. The van der Waals surface area contributed by atoms with Crippen LogP contribution >= 0.6 is 0 Å². The van der Waals surface area contributed by atoms with Crippen LogP contribution in [0.1, 0.15) is 34.5 Å². The third kappa shape index (κ3) is 5.10. The van der Waals surface area contributed by atoms with Crippen LogP contribution in [0.25, 0.3) is 0 Å². The maximum atomic E-state index is 11.9. The minimum atomic E-state index is -0.569. The molecule has 0 saturated heterocycles. The maximum absolute atomic E-state index is 11.9. The zero-order valence-electron chi connectivity index (χ0n) is 13.5. The Kier molecular flexibility index (Phi) is 6.33. The number of carbonyl (C=O) groups is 2. The third-order valence-electron chi connectivity index (χ3n) is 3.66. The van der Waals surface area contributed by atoms with Crippen molar-refractivity contribution in [3.8, 4) is 0 Å². The molecular weight excluding hydrogens is 306 g/mol. The van der Waals surface area contributed by atoms with E-state index in [1.54, 1.807) is 29.7 Å². The number of hydroxylamine groups is 1. The van der Waals surface area contributed by atoms with E-state index in [4.69, 9.17) is 5.21 Å². The van der Waals surface area contributed by atoms with E-state index in [1.165, 1.54) is 5.56 Å². The number of hydrogen-bond acceptors (Lipinski definition) is 3. The molecular formula is C18H21N3O3. The number of carbonyl (C=O) groups excluding carboxylic acids is 2. The van der Waals surface area contributed by atoms with Gasteiger partial charge in [0.25, 0.3) is 5.91 Å². The van der Waals surface area contributed by atoms with E-state index in [2.05, 4.69) is 10.6 Å². The van der Waals surface area contributed by atoms with E-state index in [1.807, 2.05) is 37.3 Å². The zero-order valence-corrected chi connectivity index (χ0v) is 13.5. The van der Waals surface area contributed by atoms with Gasteiger partial charge in [-0.05, 0) is 36.6 Å². The van der Waals surface area contributed by atoms with Crippen LogP contribution in [-0.2, 0) is 6.42 Å². The molecule has 0 fully saturated rings. The molecule has 1 unspecified atom stereocenters. The molecule has 0 aliphatic carbocycles. The second kappa shape index (κ2) is 8.69. The summed E-state index contributed by atoms with van der Waals surface area (Å²) in [4.78, 5) is 23.2. The fraction of sp³-hybridized carbons (Fsp3) is 0.222. The van der Waals surface area contributed by atoms with Crippen LogP contribution in [0, 0.1) is 0 Å². The lowest BCUT2D eigenvalue weighted by molar-refractivity contribution is 0.0706. The van der Waals surface area contributed by atoms with E-state index in [0.29, 0.717) is 12.1 Å². The first kappa shape index (κ1) is 17.5. The van der Waals surface area contributed by atoms with Gasteiger partial charge < -0.3 is 10.6 Å². The van der Waals surface area contributed by atoms with Crippen molar-refractivity contribution >= 4 is 11.9 Å². The molecule has 0 bridgehead atoms. The Morgan fingerprint density at radius 3 is 2.33 bits per heavy atom. The van der Waals surface area contributed by atoms with Gasteiger partial charge in [0.05, 0.1) is 6.04 Å². The summed E-state index contributed by atoms with van der Waals surface area (Å²) in [6.07, 6.45) is 0.771. The summed E-state index contributed by atoms with van der Waals surface area (Å²) in [7, 11) is 0. The topological polar surface area (TPSA) is 90.5 Å². The Morgan fingerprint density at radius 2 is 1.71 bits per heavy atom. The number of amides is 3. The molecule has 126 valence electrons. The smallest absolute Gasteiger partial charge is 0.315 e. The van der Waals surface area contributed by atoms with E-state index in [9.17, 15) is 9.59 Å². The van der Waals surface area contributed by atoms with Gasteiger partial charge in [0, 0.05) is 12.1 Å². The van der Waals surface area contributed by atoms with Gasteiger partial charge in [0.2, 0.25) is 0 Å². The summed E-state index contributed by atoms with van der Waals surface area (Å²) in [5, 5.41) is 14.3. The van der Waals surface area contributed by atoms with Gasteiger partial charge in [0.15, 0.2) is 0 Å². The number of hydrogen-bond donors (Lipinski definition) is 4. The molecule has 2 aromatic carbocycles. The zero-order chi connectivity index (χ0) is 17.4. The molecule has 0 aliphatic heterocycles. The van der Waals surface area contributed by atoms with Crippen LogP contribution in [0.3, 0.4) is 0 Å². The Balaban J connectivity index is 1.79. The van der Waals surface area contributed by atoms with Crippen molar-refractivity contribution in [3.05, 3.63) is 71.3 Å². The molecule has 2 aromatic rings. The highest BCUT2D eigenvalue weighted by molar-refractivity contribution is 5.93. The van der Waals surface area contributed by atoms with Crippen LogP contribution in [0.4, 0.5) is 4.79 Å². The number of rotatable bonds is 6. The van der Waals surface area contributed by atoms with Crippen LogP contribution in [0.5, 0.6) is 0 Å². The lowest BCUT2D eigenvalue weighted by Crippen LogP contribution is -2.38. The fourth-order valence-corrected chi connectivity index (χ4v) is 2.28. The van der Waals surface area contributed by atoms with Gasteiger partial charge in [-0.15, -0.1) is 0 Å². The summed E-state index contributed by atoms with van der Waals surface area (Å²) in [5.74, 6) is -0.569. The average molecular weight is 327 g/mol. The van der Waals surface area contributed by atoms with Crippen LogP contribution < -0.4 is 16.1 Å². The van der Waals surface area contributed by atoms with E-state index >= 15 is 0 Å². The molecule has 1 atom stereocenters. The van der Waals surface area contributed by atoms with E-state index in [0.717, 1.165) is 12.0 Å². The molecule has 0 aliphatic rings. The summed E-state index contributed by atoms with van der Waals surface area (Å²) in [5.41, 5.74) is 3.96. The molecule has 6 heteroatoms. The molecule has 3 amide bonds. The van der Waals surface area contributed by atoms with Crippen molar-refractivity contribution in [2.75, 3.05) is 6.54 Å². The first-order chi connectivity index (χ1) is 11.6. The molecule has 4 N–H and O–H groups in total. The third-order valence-corrected chi connectivity index (χ3v) is 3.66. The molecule has 2 rings (SSSR count). The first-order valence-corrected chi connectivity index (χ1v) is 7.73. The standard InChI is InChI=1S/C18H21N3O3/c1-13(15-7-9-16(10-8-15)17(22)21-24)20-18(23)19-12-11-14-5-3-2-4-6-14/h2-10,13,24H,11-12H2,1H3,(H,21,22)(H2,19,20,23). The Labute approximate surface area is 140 Å². The number of benzene rings is 2. The normalized spacial score (nSPS) is 11.4. The van der Waals surface area contributed by atoms with Gasteiger partial charge in [0.1, 0.15) is 0 Å². The quantitative estimate of drug-likeness (QED) is 0.485. The van der Waals surface area contributed by atoms with Gasteiger partial charge in [-0.25, -0.2) is 10.3 Å². The Morgan fingerprint density at radius 1 is 1.04 bits per heavy atom. The van der Waals surface area contributed by atoms with Crippen molar-refractivity contribution in [1.82, 2.24) is 16.1 Å². The van der Waals surface area contributed by atoms with Crippen LogP contribution in [0.15, 0.2) is 54.6 Å². The molecule has 6 nitrogen and oxygen atoms in total. The Bertz CT molecular complexity index is 672. The number of nitrogens with one attached hydrogen (secondary N) is 3. The molecule has 0 spiro atoms. The highest BCUT2D eigenvalue weighted by Crippen LogP contribution is 2.13. The monoisotopic (exact) mass is 327 g/mol. The van der Waals surface area contributed by atoms with Gasteiger partial charge in [-0.2, -0.15) is 0 Å². The second-order valence-corrected chi connectivity index (χ2v) is 5.42. The summed E-state index contributed by atoms with van der Waals surface area (Å²) in [6, 6.07) is 16.1. The Hall–Kier alpha value is -2.86. The molecule has 24 heavy (non-hydrogen) atoms. The van der Waals surface area contributed by atoms with Crippen molar-refractivity contribution in [2.24, 2.45) is 0 Å². The molecule has 0 heterocycles. The second-order valence-electron chi connectivity index (χ2n) is 5.42. The van der Waals surface area contributed by atoms with Crippen molar-refractivity contribution in [3.63, 3.8) is 0 Å². The first-order valence-electron chi connectivity index (χ1n) is 7.73. The predicted molar refractivity (Wildman–Crippen MR) is 90.8 cm³/mol. The molecule has 0 aromatic heterocycles. The summed E-state index contributed by atoms with van der Waals surface area (Å²) < 4.78 is 0. The predicted octanol–water partition coefficient (Wildman–Crippen LogP) is 2.41. The highest BCUT2D eigenvalue weighted by Gasteiger charge is 2.10. The van der Waals surface area contributed by atoms with Crippen molar-refractivity contribution in [1.29, 1.82) is 0 Å². The minimum Gasteiger partial charge on any atom is -0.338 e. The molecule has 0 saturated carbocycles. The van der Waals surface area contributed by atoms with E-state index in [-0.39, 0.29) is 12.1 Å². The van der Waals surface area contributed by atoms with Crippen LogP contribution in [0.2, 0.25) is 0 Å². The largest absolute Gasteiger partial charge is 0.338 e.